The largest absolute Gasteiger partial charge is 0.197 e. The van der Waals surface area contributed by atoms with E-state index in [2.05, 4.69) is 45.5 Å². The van der Waals surface area contributed by atoms with Gasteiger partial charge in [0.25, 0.3) is 0 Å². The number of hydrogen-bond donors (Lipinski definition) is 0. The minimum absolute atomic E-state index is 1.01. The summed E-state index contributed by atoms with van der Waals surface area (Å²) in [6.45, 7) is 0. The Morgan fingerprint density at radius 3 is 3.00 bits per heavy atom. The molecule has 0 unspecified atom stereocenters. The van der Waals surface area contributed by atoms with E-state index in [1.165, 1.54) is 22.4 Å². The fourth-order valence-electron chi connectivity index (χ4n) is 1.87. The average Bonchev–Trinajstić information content (AvgIpc) is 2.66. The molecule has 0 aliphatic heterocycles. The van der Waals surface area contributed by atoms with Crippen molar-refractivity contribution in [1.29, 1.82) is 0 Å². The molecular weight excluding hydrogens is 228 g/mol. The van der Waals surface area contributed by atoms with Gasteiger partial charge in [0.2, 0.25) is 0 Å². The summed E-state index contributed by atoms with van der Waals surface area (Å²) < 4.78 is 1.77. The van der Waals surface area contributed by atoms with Crippen molar-refractivity contribution in [2.24, 2.45) is 0 Å². The highest BCUT2D eigenvalue weighted by Gasteiger charge is 2.21. The van der Waals surface area contributed by atoms with Crippen LogP contribution in [0.1, 0.15) is 11.1 Å². The summed E-state index contributed by atoms with van der Waals surface area (Å²) in [5.41, 5.74) is 5.20. The molecule has 1 aromatic carbocycles. The SMILES string of the molecule is Brn1ncc2c1-c1ccccc1C2. The molecular formula is C10H7BrN2. The van der Waals surface area contributed by atoms with Crippen molar-refractivity contribution in [3.05, 3.63) is 41.6 Å². The third-order valence-electron chi connectivity index (χ3n) is 2.46. The lowest BCUT2D eigenvalue weighted by Gasteiger charge is -1.98. The van der Waals surface area contributed by atoms with Gasteiger partial charge in [0.05, 0.1) is 28.0 Å². The van der Waals surface area contributed by atoms with E-state index in [1.54, 1.807) is 3.71 Å². The molecule has 64 valence electrons. The van der Waals surface area contributed by atoms with Gasteiger partial charge in [0.15, 0.2) is 0 Å². The zero-order valence-electron chi connectivity index (χ0n) is 6.87. The summed E-state index contributed by atoms with van der Waals surface area (Å²) in [5.74, 6) is 0. The molecule has 0 radical (unpaired) electrons. The summed E-state index contributed by atoms with van der Waals surface area (Å²) in [5, 5.41) is 4.17. The number of nitrogens with zero attached hydrogens (tertiary/aromatic N) is 2. The Kier molecular flexibility index (Phi) is 1.38. The number of aromatic nitrogens is 2. The summed E-state index contributed by atoms with van der Waals surface area (Å²) in [6, 6.07) is 8.45. The van der Waals surface area contributed by atoms with Crippen LogP contribution in [0.5, 0.6) is 0 Å². The second-order valence-electron chi connectivity index (χ2n) is 3.21. The maximum Gasteiger partial charge on any atom is 0.0851 e. The van der Waals surface area contributed by atoms with E-state index in [4.69, 9.17) is 0 Å². The monoisotopic (exact) mass is 234 g/mol. The third kappa shape index (κ3) is 0.907. The summed E-state index contributed by atoms with van der Waals surface area (Å²) in [7, 11) is 0. The van der Waals surface area contributed by atoms with Crippen molar-refractivity contribution in [3.63, 3.8) is 0 Å². The maximum atomic E-state index is 4.17. The lowest BCUT2D eigenvalue weighted by Crippen LogP contribution is -1.85. The molecule has 0 amide bonds. The average molecular weight is 235 g/mol. The molecule has 0 bridgehead atoms. The Bertz CT molecular complexity index is 474. The first kappa shape index (κ1) is 7.33. The number of halogens is 1. The molecule has 0 atom stereocenters. The predicted molar refractivity (Wildman–Crippen MR) is 54.8 cm³/mol. The number of benzene rings is 1. The van der Waals surface area contributed by atoms with Gasteiger partial charge < -0.3 is 0 Å². The highest BCUT2D eigenvalue weighted by molar-refractivity contribution is 9.08. The molecule has 3 heteroatoms. The minimum atomic E-state index is 1.01. The number of rotatable bonds is 0. The van der Waals surface area contributed by atoms with Gasteiger partial charge in [-0.25, -0.2) is 0 Å². The van der Waals surface area contributed by atoms with Crippen LogP contribution in [0, 0.1) is 0 Å². The molecule has 2 aromatic rings. The Morgan fingerprint density at radius 1 is 1.23 bits per heavy atom. The smallest absolute Gasteiger partial charge is 0.0851 e. The van der Waals surface area contributed by atoms with E-state index in [0.29, 0.717) is 0 Å². The van der Waals surface area contributed by atoms with Gasteiger partial charge in [-0.2, -0.15) is 8.81 Å². The Balaban J connectivity index is 2.35. The van der Waals surface area contributed by atoms with Crippen molar-refractivity contribution in [2.75, 3.05) is 0 Å². The molecule has 0 saturated carbocycles. The van der Waals surface area contributed by atoms with Gasteiger partial charge in [-0.3, -0.25) is 0 Å². The third-order valence-corrected chi connectivity index (χ3v) is 2.99. The number of fused-ring (bicyclic) bond motifs is 3. The van der Waals surface area contributed by atoms with E-state index < -0.39 is 0 Å². The molecule has 0 saturated heterocycles. The summed E-state index contributed by atoms with van der Waals surface area (Å²) >= 11 is 3.39. The highest BCUT2D eigenvalue weighted by atomic mass is 79.9. The van der Waals surface area contributed by atoms with Crippen LogP contribution in [-0.4, -0.2) is 8.81 Å². The first-order chi connectivity index (χ1) is 6.36. The fraction of sp³-hybridized carbons (Fsp3) is 0.100. The van der Waals surface area contributed by atoms with Crippen LogP contribution in [-0.2, 0) is 6.42 Å². The molecule has 1 aliphatic carbocycles. The quantitative estimate of drug-likeness (QED) is 0.585. The van der Waals surface area contributed by atoms with Crippen molar-refractivity contribution in [3.8, 4) is 11.3 Å². The van der Waals surface area contributed by atoms with Crippen LogP contribution in [0.3, 0.4) is 0 Å². The van der Waals surface area contributed by atoms with E-state index in [9.17, 15) is 0 Å². The van der Waals surface area contributed by atoms with E-state index >= 15 is 0 Å². The molecule has 1 aromatic heterocycles. The van der Waals surface area contributed by atoms with Crippen LogP contribution in [0.2, 0.25) is 0 Å². The van der Waals surface area contributed by atoms with Crippen molar-refractivity contribution in [1.82, 2.24) is 8.81 Å². The lowest BCUT2D eigenvalue weighted by molar-refractivity contribution is 1.03. The standard InChI is InChI=1S/C10H7BrN2/c11-13-10-8(6-12-13)5-7-3-1-2-4-9(7)10/h1-4,6H,5H2. The zero-order valence-corrected chi connectivity index (χ0v) is 8.45. The van der Waals surface area contributed by atoms with Gasteiger partial charge in [-0.1, -0.05) is 24.3 Å². The first-order valence-electron chi connectivity index (χ1n) is 4.17. The minimum Gasteiger partial charge on any atom is -0.197 e. The molecule has 0 N–H and O–H groups in total. The second kappa shape index (κ2) is 2.45. The van der Waals surface area contributed by atoms with E-state index in [1.807, 2.05) is 6.20 Å². The molecule has 0 spiro atoms. The van der Waals surface area contributed by atoms with Gasteiger partial charge in [0.1, 0.15) is 0 Å². The molecule has 1 aliphatic rings. The Hall–Kier alpha value is -1.09. The summed E-state index contributed by atoms with van der Waals surface area (Å²) in [6.07, 6.45) is 2.93. The zero-order chi connectivity index (χ0) is 8.84. The van der Waals surface area contributed by atoms with Gasteiger partial charge >= 0.3 is 0 Å². The van der Waals surface area contributed by atoms with Crippen molar-refractivity contribution < 1.29 is 0 Å². The lowest BCUT2D eigenvalue weighted by atomic mass is 10.1. The van der Waals surface area contributed by atoms with Crippen LogP contribution < -0.4 is 0 Å². The van der Waals surface area contributed by atoms with Crippen LogP contribution in [0.25, 0.3) is 11.3 Å². The molecule has 0 fully saturated rings. The number of hydrogen-bond acceptors (Lipinski definition) is 1. The van der Waals surface area contributed by atoms with Gasteiger partial charge in [-0.15, -0.1) is 0 Å². The Morgan fingerprint density at radius 2 is 2.08 bits per heavy atom. The van der Waals surface area contributed by atoms with Crippen LogP contribution in [0.4, 0.5) is 0 Å². The van der Waals surface area contributed by atoms with Gasteiger partial charge in [-0.05, 0) is 5.56 Å². The second-order valence-corrected chi connectivity index (χ2v) is 3.88. The normalized spacial score (nSPS) is 12.7. The molecule has 13 heavy (non-hydrogen) atoms. The van der Waals surface area contributed by atoms with Crippen LogP contribution in [0.15, 0.2) is 30.5 Å². The van der Waals surface area contributed by atoms with E-state index in [-0.39, 0.29) is 0 Å². The first-order valence-corrected chi connectivity index (χ1v) is 4.88. The summed E-state index contributed by atoms with van der Waals surface area (Å²) in [4.78, 5) is 0. The molecule has 2 nitrogen and oxygen atoms in total. The van der Waals surface area contributed by atoms with Crippen molar-refractivity contribution >= 4 is 16.1 Å². The topological polar surface area (TPSA) is 17.8 Å². The van der Waals surface area contributed by atoms with Crippen molar-refractivity contribution in [2.45, 2.75) is 6.42 Å². The highest BCUT2D eigenvalue weighted by Crippen LogP contribution is 2.36. The fourth-order valence-corrected chi connectivity index (χ4v) is 2.38. The van der Waals surface area contributed by atoms with E-state index in [0.717, 1.165) is 6.42 Å². The molecule has 1 heterocycles. The van der Waals surface area contributed by atoms with Crippen LogP contribution >= 0.6 is 16.1 Å². The maximum absolute atomic E-state index is 4.17. The Labute approximate surface area is 84.5 Å². The predicted octanol–water partition coefficient (Wildman–Crippen LogP) is 2.61. The molecule has 3 rings (SSSR count). The van der Waals surface area contributed by atoms with Gasteiger partial charge in [0, 0.05) is 17.5 Å².